The minimum atomic E-state index is -3.60. The third-order valence-corrected chi connectivity index (χ3v) is 6.38. The Kier molecular flexibility index (Phi) is 8.53. The monoisotopic (exact) mass is 429 g/mol. The summed E-state index contributed by atoms with van der Waals surface area (Å²) in [6, 6.07) is 6.15. The van der Waals surface area contributed by atoms with Crippen molar-refractivity contribution in [2.45, 2.75) is 24.2 Å². The van der Waals surface area contributed by atoms with E-state index >= 15 is 0 Å². The second-order valence-electron chi connectivity index (χ2n) is 6.64. The van der Waals surface area contributed by atoms with E-state index < -0.39 is 10.0 Å². The van der Waals surface area contributed by atoms with Crippen molar-refractivity contribution in [1.82, 2.24) is 20.3 Å². The molecule has 1 aromatic carbocycles. The van der Waals surface area contributed by atoms with E-state index in [-0.39, 0.29) is 17.3 Å². The van der Waals surface area contributed by atoms with E-state index in [0.29, 0.717) is 23.9 Å². The number of halogens is 1. The molecule has 0 spiro atoms. The molecule has 1 aromatic rings. The van der Waals surface area contributed by atoms with Crippen LogP contribution >= 0.6 is 11.6 Å². The van der Waals surface area contributed by atoms with Gasteiger partial charge in [0.1, 0.15) is 0 Å². The number of sulfonamides is 1. The lowest BCUT2D eigenvalue weighted by Gasteiger charge is -2.34. The van der Waals surface area contributed by atoms with Crippen LogP contribution in [0.2, 0.25) is 5.02 Å². The highest BCUT2D eigenvalue weighted by atomic mass is 35.5. The Bertz CT molecular complexity index is 792. The Morgan fingerprint density at radius 1 is 1.29 bits per heavy atom. The van der Waals surface area contributed by atoms with E-state index in [2.05, 4.69) is 25.2 Å². The number of piperidine rings is 1. The minimum Gasteiger partial charge on any atom is -0.359 e. The van der Waals surface area contributed by atoms with Crippen molar-refractivity contribution < 1.29 is 13.2 Å². The second-order valence-corrected chi connectivity index (χ2v) is 8.84. The van der Waals surface area contributed by atoms with E-state index in [1.807, 2.05) is 0 Å². The van der Waals surface area contributed by atoms with E-state index in [4.69, 9.17) is 11.6 Å². The molecule has 8 nitrogen and oxygen atoms in total. The van der Waals surface area contributed by atoms with Gasteiger partial charge in [-0.25, -0.2) is 13.1 Å². The third-order valence-electron chi connectivity index (χ3n) is 4.69. The maximum absolute atomic E-state index is 12.3. The summed E-state index contributed by atoms with van der Waals surface area (Å²) in [6.07, 6.45) is 2.41. The summed E-state index contributed by atoms with van der Waals surface area (Å²) < 4.78 is 27.1. The van der Waals surface area contributed by atoms with E-state index in [1.165, 1.54) is 12.1 Å². The topological polar surface area (TPSA) is 103 Å². The first-order valence-electron chi connectivity index (χ1n) is 9.27. The number of carbonyl (C=O) groups excluding carboxylic acids is 1. The lowest BCUT2D eigenvalue weighted by atomic mass is 9.93. The summed E-state index contributed by atoms with van der Waals surface area (Å²) in [6.45, 7) is 2.26. The Morgan fingerprint density at radius 3 is 2.61 bits per heavy atom. The summed E-state index contributed by atoms with van der Waals surface area (Å²) in [4.78, 5) is 18.1. The molecule has 0 atom stereocenters. The van der Waals surface area contributed by atoms with Crippen LogP contribution in [0.1, 0.15) is 19.3 Å². The number of hydrogen-bond acceptors (Lipinski definition) is 4. The molecule has 0 radical (unpaired) electrons. The molecule has 3 N–H and O–H groups in total. The lowest BCUT2D eigenvalue weighted by Crippen LogP contribution is -2.47. The van der Waals surface area contributed by atoms with Gasteiger partial charge in [0.25, 0.3) is 0 Å². The number of likely N-dealkylation sites (tertiary alicyclic amines) is 1. The van der Waals surface area contributed by atoms with E-state index in [0.717, 1.165) is 31.9 Å². The molecule has 0 saturated carbocycles. The molecule has 28 heavy (non-hydrogen) atoms. The number of aliphatic imine (C=N–C) groups is 1. The highest BCUT2D eigenvalue weighted by Crippen LogP contribution is 2.20. The number of hydrogen-bond donors (Lipinski definition) is 3. The van der Waals surface area contributed by atoms with Gasteiger partial charge in [0.2, 0.25) is 15.9 Å². The standard InChI is InChI=1S/C18H28ClN5O3S/c1-20-17(25)12-14-6-10-24(11-7-14)18(21-2)22-8-9-23-28(26,27)16-5-3-4-15(19)13-16/h3-5,13-14,23H,6-12H2,1-2H3,(H,20,25)(H,21,22). The molecule has 1 aliphatic heterocycles. The molecule has 1 heterocycles. The molecule has 0 unspecified atom stereocenters. The number of amides is 1. The van der Waals surface area contributed by atoms with Gasteiger partial charge in [0.15, 0.2) is 5.96 Å². The van der Waals surface area contributed by atoms with Gasteiger partial charge in [-0.2, -0.15) is 0 Å². The van der Waals surface area contributed by atoms with Crippen molar-refractivity contribution in [1.29, 1.82) is 0 Å². The summed E-state index contributed by atoms with van der Waals surface area (Å²) in [7, 11) is -0.239. The fourth-order valence-electron chi connectivity index (χ4n) is 3.12. The van der Waals surface area contributed by atoms with Crippen molar-refractivity contribution in [2.24, 2.45) is 10.9 Å². The SMILES string of the molecule is CN=C(NCCNS(=O)(=O)c1cccc(Cl)c1)N1CCC(CC(=O)NC)CC1. The molecule has 0 bridgehead atoms. The largest absolute Gasteiger partial charge is 0.359 e. The van der Waals surface area contributed by atoms with Gasteiger partial charge < -0.3 is 15.5 Å². The number of nitrogens with zero attached hydrogens (tertiary/aromatic N) is 2. The zero-order valence-electron chi connectivity index (χ0n) is 16.2. The molecular formula is C18H28ClN5O3S. The van der Waals surface area contributed by atoms with Crippen LogP contribution < -0.4 is 15.4 Å². The van der Waals surface area contributed by atoms with Gasteiger partial charge in [0, 0.05) is 51.7 Å². The Morgan fingerprint density at radius 2 is 2.00 bits per heavy atom. The normalized spacial score (nSPS) is 16.1. The molecule has 1 aliphatic rings. The van der Waals surface area contributed by atoms with Crippen molar-refractivity contribution in [3.8, 4) is 0 Å². The number of guanidine groups is 1. The number of carbonyl (C=O) groups is 1. The van der Waals surface area contributed by atoms with Crippen LogP contribution in [0.4, 0.5) is 0 Å². The van der Waals surface area contributed by atoms with E-state index in [9.17, 15) is 13.2 Å². The molecule has 0 aromatic heterocycles. The maximum Gasteiger partial charge on any atom is 0.240 e. The quantitative estimate of drug-likeness (QED) is 0.341. The summed E-state index contributed by atoms with van der Waals surface area (Å²) in [5.41, 5.74) is 0. The van der Waals surface area contributed by atoms with E-state index in [1.54, 1.807) is 26.2 Å². The predicted octanol–water partition coefficient (Wildman–Crippen LogP) is 1.04. The van der Waals surface area contributed by atoms with Gasteiger partial charge in [-0.15, -0.1) is 0 Å². The first-order valence-corrected chi connectivity index (χ1v) is 11.1. The van der Waals surface area contributed by atoms with Gasteiger partial charge >= 0.3 is 0 Å². The number of nitrogens with one attached hydrogen (secondary N) is 3. The van der Waals surface area contributed by atoms with Crippen LogP contribution in [0, 0.1) is 5.92 Å². The van der Waals surface area contributed by atoms with Gasteiger partial charge in [-0.05, 0) is 37.0 Å². The third kappa shape index (κ3) is 6.65. The Balaban J connectivity index is 1.76. The average Bonchev–Trinajstić information content (AvgIpc) is 2.69. The van der Waals surface area contributed by atoms with Gasteiger partial charge in [-0.1, -0.05) is 17.7 Å². The highest BCUT2D eigenvalue weighted by Gasteiger charge is 2.23. The predicted molar refractivity (Wildman–Crippen MR) is 111 cm³/mol. The molecule has 10 heteroatoms. The van der Waals surface area contributed by atoms with Crippen molar-refractivity contribution >= 4 is 33.5 Å². The van der Waals surface area contributed by atoms with Crippen LogP contribution in [0.15, 0.2) is 34.2 Å². The number of benzene rings is 1. The molecule has 1 amide bonds. The van der Waals surface area contributed by atoms with Gasteiger partial charge in [-0.3, -0.25) is 9.79 Å². The van der Waals surface area contributed by atoms with Crippen LogP contribution in [-0.2, 0) is 14.8 Å². The smallest absolute Gasteiger partial charge is 0.240 e. The van der Waals surface area contributed by atoms with Crippen LogP contribution in [0.3, 0.4) is 0 Å². The summed E-state index contributed by atoms with van der Waals surface area (Å²) in [5.74, 6) is 1.20. The zero-order chi connectivity index (χ0) is 20.6. The van der Waals surface area contributed by atoms with Crippen LogP contribution in [-0.4, -0.2) is 65.5 Å². The van der Waals surface area contributed by atoms with Crippen molar-refractivity contribution in [3.05, 3.63) is 29.3 Å². The fourth-order valence-corrected chi connectivity index (χ4v) is 4.45. The molecule has 0 aliphatic carbocycles. The molecular weight excluding hydrogens is 402 g/mol. The molecule has 1 saturated heterocycles. The molecule has 1 fully saturated rings. The lowest BCUT2D eigenvalue weighted by molar-refractivity contribution is -0.121. The maximum atomic E-state index is 12.3. The second kappa shape index (κ2) is 10.6. The van der Waals surface area contributed by atoms with Crippen molar-refractivity contribution in [2.75, 3.05) is 40.3 Å². The summed E-state index contributed by atoms with van der Waals surface area (Å²) in [5, 5.41) is 6.23. The zero-order valence-corrected chi connectivity index (χ0v) is 17.8. The first kappa shape index (κ1) is 22.4. The van der Waals surface area contributed by atoms with Crippen LogP contribution in [0.5, 0.6) is 0 Å². The Hall–Kier alpha value is -1.84. The van der Waals surface area contributed by atoms with Gasteiger partial charge in [0.05, 0.1) is 4.90 Å². The van der Waals surface area contributed by atoms with Crippen LogP contribution in [0.25, 0.3) is 0 Å². The molecule has 156 valence electrons. The Labute approximate surface area is 171 Å². The number of rotatable bonds is 7. The first-order chi connectivity index (χ1) is 13.4. The fraction of sp³-hybridized carbons (Fsp3) is 0.556. The van der Waals surface area contributed by atoms with Crippen molar-refractivity contribution in [3.63, 3.8) is 0 Å². The molecule has 2 rings (SSSR count). The summed E-state index contributed by atoms with van der Waals surface area (Å²) >= 11 is 5.86. The average molecular weight is 430 g/mol. The minimum absolute atomic E-state index is 0.0768. The highest BCUT2D eigenvalue weighted by molar-refractivity contribution is 7.89.